The molecule has 35 heteroatoms. The minimum Gasteiger partial charge on any atom is -0.476 e. The summed E-state index contributed by atoms with van der Waals surface area (Å²) in [6.45, 7) is 25.6. The zero-order chi connectivity index (χ0) is 71.6. The molecule has 99 heavy (non-hydrogen) atoms. The molecule has 12 heterocycles. The van der Waals surface area contributed by atoms with E-state index in [9.17, 15) is 42.3 Å². The van der Waals surface area contributed by atoms with Crippen molar-refractivity contribution in [1.82, 2.24) is 85.6 Å². The molecule has 0 radical (unpaired) electrons. The normalized spacial score (nSPS) is 16.9. The Hall–Kier alpha value is -9.58. The van der Waals surface area contributed by atoms with Crippen LogP contribution in [0, 0.1) is 38.2 Å². The van der Waals surface area contributed by atoms with E-state index < -0.39 is 40.7 Å². The summed E-state index contributed by atoms with van der Waals surface area (Å²) < 4.78 is 52.4. The second kappa shape index (κ2) is 32.0. The van der Waals surface area contributed by atoms with Gasteiger partial charge in [-0.05, 0) is 144 Å². The van der Waals surface area contributed by atoms with E-state index in [1.807, 2.05) is 48.5 Å². The number of pyridine rings is 3. The molecule has 9 aromatic heterocycles. The summed E-state index contributed by atoms with van der Waals surface area (Å²) in [5.41, 5.74) is 8.47. The molecule has 0 saturated carbocycles. The van der Waals surface area contributed by atoms with Crippen LogP contribution in [0.1, 0.15) is 163 Å². The van der Waals surface area contributed by atoms with Crippen LogP contribution >= 0.6 is 34.0 Å². The molecule has 12 rings (SSSR count). The highest BCUT2D eigenvalue weighted by atomic mass is 32.1. The molecule has 3 saturated heterocycles. The van der Waals surface area contributed by atoms with Crippen molar-refractivity contribution in [3.63, 3.8) is 0 Å². The first-order chi connectivity index (χ1) is 46.8. The Morgan fingerprint density at radius 3 is 1.27 bits per heavy atom. The van der Waals surface area contributed by atoms with Crippen LogP contribution in [0.3, 0.4) is 0 Å². The van der Waals surface area contributed by atoms with Gasteiger partial charge in [-0.25, -0.2) is 57.5 Å². The van der Waals surface area contributed by atoms with Gasteiger partial charge in [0.25, 0.3) is 11.8 Å². The third kappa shape index (κ3) is 20.5. The van der Waals surface area contributed by atoms with Crippen molar-refractivity contribution >= 4 is 113 Å². The predicted octanol–water partition coefficient (Wildman–Crippen LogP) is 9.79. The molecule has 526 valence electrons. The lowest BCUT2D eigenvalue weighted by Crippen LogP contribution is -2.41. The van der Waals surface area contributed by atoms with Crippen LogP contribution in [-0.4, -0.2) is 173 Å². The number of carbonyl (C=O) groups excluding carboxylic acids is 4. The van der Waals surface area contributed by atoms with E-state index in [-0.39, 0.29) is 83.4 Å². The number of carbonyl (C=O) groups is 5. The van der Waals surface area contributed by atoms with Crippen LogP contribution in [0.15, 0.2) is 55.4 Å². The van der Waals surface area contributed by atoms with Crippen molar-refractivity contribution in [2.24, 2.45) is 5.73 Å². The third-order valence-corrected chi connectivity index (χ3v) is 17.8. The van der Waals surface area contributed by atoms with Crippen molar-refractivity contribution < 1.29 is 51.7 Å². The number of carboxylic acid groups (broad SMARTS) is 1. The summed E-state index contributed by atoms with van der Waals surface area (Å²) in [6, 6.07) is 3.12. The van der Waals surface area contributed by atoms with Gasteiger partial charge in [0.1, 0.15) is 42.8 Å². The minimum absolute atomic E-state index is 0.0115. The van der Waals surface area contributed by atoms with Gasteiger partial charge < -0.3 is 62.0 Å². The number of nitrogens with two attached hydrogens (primary N) is 1. The van der Waals surface area contributed by atoms with E-state index in [2.05, 4.69) is 91.7 Å². The van der Waals surface area contributed by atoms with Crippen molar-refractivity contribution in [2.75, 3.05) is 55.2 Å². The smallest absolute Gasteiger partial charge is 0.407 e. The average Bonchev–Trinajstić information content (AvgIpc) is 1.68. The van der Waals surface area contributed by atoms with E-state index in [1.165, 1.54) is 58.4 Å². The van der Waals surface area contributed by atoms with Crippen LogP contribution in [0.25, 0.3) is 31.0 Å². The molecule has 0 aliphatic carbocycles. The van der Waals surface area contributed by atoms with Crippen LogP contribution in [0.2, 0.25) is 0 Å². The molecule has 0 bridgehead atoms. The fourth-order valence-electron chi connectivity index (χ4n) is 10.3. The number of aromatic carboxylic acids is 1. The first-order valence-electron chi connectivity index (χ1n) is 31.6. The Morgan fingerprint density at radius 2 is 0.919 bits per heavy atom. The lowest BCUT2D eigenvalue weighted by Gasteiger charge is -2.22. The monoisotopic (exact) mass is 1420 g/mol. The lowest BCUT2D eigenvalue weighted by molar-refractivity contribution is 0.0494. The number of rotatable bonds is 14. The van der Waals surface area contributed by atoms with Gasteiger partial charge in [0.15, 0.2) is 34.0 Å². The number of nitrogens with one attached hydrogen (secondary N) is 6. The summed E-state index contributed by atoms with van der Waals surface area (Å²) in [5.74, 6) is -2.30. The van der Waals surface area contributed by atoms with Crippen molar-refractivity contribution in [2.45, 2.75) is 150 Å². The number of alkyl carbamates (subject to hydrolysis) is 2. The molecule has 3 fully saturated rings. The summed E-state index contributed by atoms with van der Waals surface area (Å²) in [5, 5.41) is 29.6. The van der Waals surface area contributed by atoms with E-state index in [0.717, 1.165) is 54.5 Å². The number of halogens is 3. The minimum atomic E-state index is -1.15. The Morgan fingerprint density at radius 1 is 0.545 bits per heavy atom. The Bertz CT molecular complexity index is 4390. The lowest BCUT2D eigenvalue weighted by atomic mass is 10.1. The van der Waals surface area contributed by atoms with Gasteiger partial charge in [0, 0.05) is 63.4 Å². The highest BCUT2D eigenvalue weighted by Crippen LogP contribution is 2.31. The van der Waals surface area contributed by atoms with Crippen LogP contribution in [0.4, 0.5) is 40.6 Å². The Kier molecular flexibility index (Phi) is 23.8. The van der Waals surface area contributed by atoms with E-state index in [4.69, 9.17) is 15.2 Å². The van der Waals surface area contributed by atoms with Crippen molar-refractivity contribution in [3.05, 3.63) is 122 Å². The Labute approximate surface area is 579 Å². The molecule has 9 aromatic rings. The number of aromatic nitrogens is 12. The van der Waals surface area contributed by atoms with Crippen LogP contribution in [0.5, 0.6) is 0 Å². The number of hydrogen-bond acceptors (Lipinski definition) is 27. The van der Waals surface area contributed by atoms with Gasteiger partial charge in [0.2, 0.25) is 17.8 Å². The molecule has 9 N–H and O–H groups in total. The molecule has 0 spiro atoms. The fraction of sp³-hybridized carbons (Fsp3) is 0.453. The van der Waals surface area contributed by atoms with Gasteiger partial charge in [-0.3, -0.25) is 24.5 Å². The second-order valence-corrected chi connectivity index (χ2v) is 29.2. The van der Waals surface area contributed by atoms with Crippen molar-refractivity contribution in [1.29, 1.82) is 0 Å². The summed E-state index contributed by atoms with van der Waals surface area (Å²) in [4.78, 5) is 115. The number of thiazole rings is 3. The number of hydrogen-bond donors (Lipinski definition) is 8. The molecule has 4 amide bonds. The quantitative estimate of drug-likeness (QED) is 0.0502. The molecule has 3 aliphatic rings. The predicted molar refractivity (Wildman–Crippen MR) is 368 cm³/mol. The maximum Gasteiger partial charge on any atom is 0.407 e. The number of carboxylic acids is 1. The SMILES string of the molecule is CC(C)(C)OC(=O)NC1CCNC1.Cc1nc2nc(N[C@@H](C)c3cncc(F)c3)nc(C(=O)N3CC[C@@H](N)C3)c2s1.Cc1nc2nc(N[C@@H](C)c3cncc(F)c3)nc(C(=O)N3CC[C@@H](NC(=O)OC(C)(C)C)C3)c2s1.Cc1nc2nc(N[C@@H](C)c3cncc(F)c3)nc(C(=O)O)c2s1. The fourth-order valence-corrected chi connectivity index (χ4v) is 12.8. The second-order valence-electron chi connectivity index (χ2n) is 25.6. The standard InChI is InChI=1S/C23H28FN7O3S.C18H20FN7OS.C14H12FN5O2S.C9H18N2O2/c1-12(14-8-15(24)10-25-9-14)26-21-29-17(18-19(30-21)27-13(2)35-18)20(32)31-7-6-16(11-31)28-22(33)34-23(3,4)5;1-9(11-5-12(19)7-21-6-11)22-18-24-14(15-16(25-18)23-10(2)28-15)17(27)26-4-3-13(20)8-26;1-6(8-3-9(15)5-16-4-8)17-14-19-10(13(21)22)11-12(20-14)18-7(2)23-11;1-9(2,3)13-8(12)11-7-4-5-10-6-7/h8-10,12,16H,6-7,11H2,1-5H3,(H,28,33)(H,26,29,30);5-7,9,13H,3-4,8,20H2,1-2H3,(H,22,24,25);3-6H,1-2H3,(H,21,22)(H,17,19,20);7,10H,4-6H2,1-3H3,(H,11,12)/t12-,16+;9-,13+;6-;/m000./s1. The van der Waals surface area contributed by atoms with E-state index in [0.29, 0.717) is 91.0 Å². The molecule has 29 nitrogen and oxygen atoms in total. The van der Waals surface area contributed by atoms with E-state index in [1.54, 1.807) is 56.8 Å². The number of likely N-dealkylation sites (tertiary alicyclic amines) is 2. The zero-order valence-corrected chi connectivity index (χ0v) is 59.0. The van der Waals surface area contributed by atoms with Gasteiger partial charge in [0.05, 0.1) is 57.8 Å². The average molecular weight is 1420 g/mol. The van der Waals surface area contributed by atoms with Crippen molar-refractivity contribution in [3.8, 4) is 0 Å². The number of aryl methyl sites for hydroxylation is 3. The maximum absolute atomic E-state index is 13.6. The molecule has 0 aromatic carbocycles. The Balaban J connectivity index is 0.000000162. The number of ether oxygens (including phenoxy) is 2. The molecule has 6 atom stereocenters. The van der Waals surface area contributed by atoms with E-state index >= 15 is 0 Å². The summed E-state index contributed by atoms with van der Waals surface area (Å²) in [7, 11) is 0. The van der Waals surface area contributed by atoms with Gasteiger partial charge in [-0.1, -0.05) is 0 Å². The molecule has 1 unspecified atom stereocenters. The topological polar surface area (TPSA) is 383 Å². The summed E-state index contributed by atoms with van der Waals surface area (Å²) >= 11 is 3.97. The van der Waals surface area contributed by atoms with Gasteiger partial charge >= 0.3 is 18.2 Å². The first kappa shape index (κ1) is 73.7. The number of nitrogens with zero attached hydrogens (tertiary/aromatic N) is 14. The molecular formula is C64H78F3N21O8S3. The molecular weight excluding hydrogens is 1340 g/mol. The summed E-state index contributed by atoms with van der Waals surface area (Å²) in [6.07, 6.45) is 9.58. The number of fused-ring (bicyclic) bond motifs is 3. The zero-order valence-electron chi connectivity index (χ0n) is 56.5. The highest BCUT2D eigenvalue weighted by molar-refractivity contribution is 7.19. The van der Waals surface area contributed by atoms with Crippen LogP contribution < -0.4 is 37.6 Å². The molecule has 3 aliphatic heterocycles. The third-order valence-electron chi connectivity index (χ3n) is 14.9. The highest BCUT2D eigenvalue weighted by Gasteiger charge is 2.33. The largest absolute Gasteiger partial charge is 0.476 e. The maximum atomic E-state index is 13.6. The van der Waals surface area contributed by atoms with Crippen LogP contribution in [-0.2, 0) is 9.47 Å². The number of anilines is 3. The van der Waals surface area contributed by atoms with Gasteiger partial charge in [-0.2, -0.15) is 15.0 Å². The number of amides is 4. The first-order valence-corrected chi connectivity index (χ1v) is 34.1. The van der Waals surface area contributed by atoms with Gasteiger partial charge in [-0.15, -0.1) is 34.0 Å².